The van der Waals surface area contributed by atoms with Gasteiger partial charge in [-0.1, -0.05) is 38.1 Å². The van der Waals surface area contributed by atoms with Crippen LogP contribution in [0.25, 0.3) is 0 Å². The molecule has 0 saturated carbocycles. The Morgan fingerprint density at radius 3 is 2.39 bits per heavy atom. The van der Waals surface area contributed by atoms with Crippen molar-refractivity contribution in [2.24, 2.45) is 0 Å². The number of rotatable bonds is 6. The van der Waals surface area contributed by atoms with Crippen LogP contribution in [0, 0.1) is 0 Å². The second kappa shape index (κ2) is 6.43. The van der Waals surface area contributed by atoms with Crippen molar-refractivity contribution in [3.63, 3.8) is 0 Å². The lowest BCUT2D eigenvalue weighted by Gasteiger charge is -2.33. The first-order valence-corrected chi connectivity index (χ1v) is 9.08. The van der Waals surface area contributed by atoms with Gasteiger partial charge in [0.05, 0.1) is 5.16 Å². The van der Waals surface area contributed by atoms with Gasteiger partial charge < -0.3 is 14.7 Å². The van der Waals surface area contributed by atoms with Crippen molar-refractivity contribution in [3.05, 3.63) is 35.4 Å². The quantitative estimate of drug-likeness (QED) is 0.542. The van der Waals surface area contributed by atoms with Gasteiger partial charge >= 0.3 is 13.6 Å². The first-order valence-electron chi connectivity index (χ1n) is 7.47. The number of imide groups is 1. The maximum Gasteiger partial charge on any atom is 0.335 e. The zero-order valence-corrected chi connectivity index (χ0v) is 14.0. The summed E-state index contributed by atoms with van der Waals surface area (Å²) in [5.74, 6) is -0.349. The number of amides is 3. The summed E-state index contributed by atoms with van der Waals surface area (Å²) in [5, 5.41) is 0.972. The highest BCUT2D eigenvalue weighted by Crippen LogP contribution is 2.60. The van der Waals surface area contributed by atoms with Crippen molar-refractivity contribution in [1.82, 2.24) is 10.2 Å². The molecule has 0 bridgehead atoms. The third-order valence-corrected chi connectivity index (χ3v) is 6.44. The molecule has 1 heterocycles. The summed E-state index contributed by atoms with van der Waals surface area (Å²) in [6, 6.07) is 6.45. The number of nitrogens with one attached hydrogen (secondary N) is 1. The van der Waals surface area contributed by atoms with Gasteiger partial charge in [0.1, 0.15) is 6.54 Å². The van der Waals surface area contributed by atoms with E-state index in [1.54, 1.807) is 38.1 Å². The minimum Gasteiger partial charge on any atom is -0.324 e. The van der Waals surface area contributed by atoms with Crippen LogP contribution in [-0.4, -0.2) is 33.2 Å². The molecule has 0 aliphatic carbocycles. The minimum atomic E-state index is -4.35. The molecular formula is C15H21N2O5P. The molecule has 1 aromatic carbocycles. The van der Waals surface area contributed by atoms with Crippen molar-refractivity contribution >= 4 is 19.5 Å². The molecule has 3 N–H and O–H groups in total. The largest absolute Gasteiger partial charge is 0.335 e. The van der Waals surface area contributed by atoms with E-state index in [1.165, 1.54) is 4.90 Å². The van der Waals surface area contributed by atoms with Crippen LogP contribution in [0.1, 0.15) is 37.8 Å². The lowest BCUT2D eigenvalue weighted by Crippen LogP contribution is -2.28. The van der Waals surface area contributed by atoms with Gasteiger partial charge in [0.2, 0.25) is 5.91 Å². The molecule has 126 valence electrons. The van der Waals surface area contributed by atoms with Gasteiger partial charge in [0.25, 0.3) is 0 Å². The first kappa shape index (κ1) is 17.7. The predicted octanol–water partition coefficient (Wildman–Crippen LogP) is 1.93. The van der Waals surface area contributed by atoms with E-state index in [4.69, 9.17) is 0 Å². The molecule has 8 heteroatoms. The van der Waals surface area contributed by atoms with Gasteiger partial charge in [0, 0.05) is 6.54 Å². The summed E-state index contributed by atoms with van der Waals surface area (Å²) in [5.41, 5.74) is 1.28. The van der Waals surface area contributed by atoms with Crippen molar-refractivity contribution in [2.45, 2.75) is 38.4 Å². The highest BCUT2D eigenvalue weighted by Gasteiger charge is 2.45. The van der Waals surface area contributed by atoms with Crippen LogP contribution < -0.4 is 5.32 Å². The fourth-order valence-electron chi connectivity index (χ4n) is 3.03. The molecule has 0 radical (unpaired) electrons. The molecule has 1 aliphatic rings. The number of benzene rings is 1. The van der Waals surface area contributed by atoms with Gasteiger partial charge in [-0.05, 0) is 24.0 Å². The van der Waals surface area contributed by atoms with Gasteiger partial charge in [-0.3, -0.25) is 14.7 Å². The Kier molecular flexibility index (Phi) is 4.94. The van der Waals surface area contributed by atoms with E-state index in [0.717, 1.165) is 5.56 Å². The highest BCUT2D eigenvalue weighted by atomic mass is 31.2. The van der Waals surface area contributed by atoms with Crippen LogP contribution in [0.5, 0.6) is 0 Å². The number of carbonyl (C=O) groups is 2. The topological polar surface area (TPSA) is 107 Å². The zero-order chi connectivity index (χ0) is 17.3. The molecule has 0 aromatic heterocycles. The maximum absolute atomic E-state index is 12.0. The Labute approximate surface area is 134 Å². The van der Waals surface area contributed by atoms with Crippen molar-refractivity contribution in [2.75, 3.05) is 6.54 Å². The monoisotopic (exact) mass is 340 g/mol. The predicted molar refractivity (Wildman–Crippen MR) is 84.7 cm³/mol. The van der Waals surface area contributed by atoms with Gasteiger partial charge in [-0.25, -0.2) is 4.79 Å². The Bertz CT molecular complexity index is 666. The van der Waals surface area contributed by atoms with E-state index in [2.05, 4.69) is 5.32 Å². The van der Waals surface area contributed by atoms with Crippen LogP contribution in [-0.2, 0) is 21.1 Å². The van der Waals surface area contributed by atoms with Crippen molar-refractivity contribution in [3.8, 4) is 0 Å². The Morgan fingerprint density at radius 1 is 1.26 bits per heavy atom. The lowest BCUT2D eigenvalue weighted by atomic mass is 9.91. The Hall–Kier alpha value is -1.69. The molecule has 7 nitrogen and oxygen atoms in total. The third kappa shape index (κ3) is 3.32. The van der Waals surface area contributed by atoms with Crippen LogP contribution >= 0.6 is 7.60 Å². The van der Waals surface area contributed by atoms with Crippen LogP contribution in [0.3, 0.4) is 0 Å². The average Bonchev–Trinajstić information content (AvgIpc) is 2.78. The van der Waals surface area contributed by atoms with Gasteiger partial charge in [0.15, 0.2) is 0 Å². The van der Waals surface area contributed by atoms with E-state index in [-0.39, 0.29) is 19.0 Å². The van der Waals surface area contributed by atoms with Gasteiger partial charge in [-0.15, -0.1) is 0 Å². The van der Waals surface area contributed by atoms with E-state index in [9.17, 15) is 23.9 Å². The SMILES string of the molecule is CCC(CC)(c1cccc(CN2CC(=O)NC2=O)c1)P(=O)(O)O. The van der Waals surface area contributed by atoms with E-state index < -0.39 is 18.8 Å². The molecule has 1 saturated heterocycles. The molecule has 0 unspecified atom stereocenters. The first-order chi connectivity index (χ1) is 10.7. The number of carbonyl (C=O) groups excluding carboxylic acids is 2. The summed E-state index contributed by atoms with van der Waals surface area (Å²) in [6.45, 7) is 3.72. The maximum atomic E-state index is 12.0. The molecule has 1 aromatic rings. The van der Waals surface area contributed by atoms with Crippen LogP contribution in [0.4, 0.5) is 4.79 Å². The lowest BCUT2D eigenvalue weighted by molar-refractivity contribution is -0.118. The fraction of sp³-hybridized carbons (Fsp3) is 0.467. The summed E-state index contributed by atoms with van der Waals surface area (Å²) < 4.78 is 12.0. The molecule has 2 rings (SSSR count). The normalized spacial score (nSPS) is 15.9. The number of hydrogen-bond acceptors (Lipinski definition) is 3. The molecule has 0 spiro atoms. The van der Waals surface area contributed by atoms with E-state index in [1.807, 2.05) is 0 Å². The third-order valence-electron chi connectivity index (χ3n) is 4.43. The van der Waals surface area contributed by atoms with Crippen LogP contribution in [0.15, 0.2) is 24.3 Å². The molecule has 3 amide bonds. The Balaban J connectivity index is 2.34. The van der Waals surface area contributed by atoms with Crippen LogP contribution in [0.2, 0.25) is 0 Å². The van der Waals surface area contributed by atoms with Crippen molar-refractivity contribution < 1.29 is 23.9 Å². The summed E-state index contributed by atoms with van der Waals surface area (Å²) in [6.07, 6.45) is 0.611. The number of nitrogens with zero attached hydrogens (tertiary/aromatic N) is 1. The molecular weight excluding hydrogens is 319 g/mol. The second-order valence-corrected chi connectivity index (χ2v) is 7.64. The number of urea groups is 1. The minimum absolute atomic E-state index is 0.00570. The molecule has 1 fully saturated rings. The average molecular weight is 340 g/mol. The summed E-state index contributed by atoms with van der Waals surface area (Å²) in [4.78, 5) is 43.8. The standard InChI is InChI=1S/C15H21N2O5P/c1-3-15(4-2,23(20,21)22)12-7-5-6-11(8-12)9-17-10-13(18)16-14(17)19/h5-8H,3-4,9-10H2,1-2H3,(H,16,18,19)(H2,20,21,22). The van der Waals surface area contributed by atoms with E-state index >= 15 is 0 Å². The summed E-state index contributed by atoms with van der Waals surface area (Å²) >= 11 is 0. The number of hydrogen-bond donors (Lipinski definition) is 3. The second-order valence-electron chi connectivity index (χ2n) is 5.69. The highest BCUT2D eigenvalue weighted by molar-refractivity contribution is 7.53. The van der Waals surface area contributed by atoms with Gasteiger partial charge in [-0.2, -0.15) is 0 Å². The molecule has 23 heavy (non-hydrogen) atoms. The molecule has 0 atom stereocenters. The smallest absolute Gasteiger partial charge is 0.324 e. The fourth-order valence-corrected chi connectivity index (χ4v) is 4.33. The van der Waals surface area contributed by atoms with E-state index in [0.29, 0.717) is 18.4 Å². The van der Waals surface area contributed by atoms with Crippen molar-refractivity contribution in [1.29, 1.82) is 0 Å². The summed E-state index contributed by atoms with van der Waals surface area (Å²) in [7, 11) is -4.35. The molecule has 1 aliphatic heterocycles. The zero-order valence-electron chi connectivity index (χ0n) is 13.2. The Morgan fingerprint density at radius 2 is 1.91 bits per heavy atom.